The third kappa shape index (κ3) is 5.86. The molecule has 7 aromatic rings. The highest BCUT2D eigenvalue weighted by Gasteiger charge is 2.19. The maximum absolute atomic E-state index is 12.2. The number of ether oxygens (including phenoxy) is 1. The summed E-state index contributed by atoms with van der Waals surface area (Å²) in [5.74, 6) is 1.44. The second-order valence-electron chi connectivity index (χ2n) is 12.4. The van der Waals surface area contributed by atoms with Crippen LogP contribution in [0.2, 0.25) is 0 Å². The predicted molar refractivity (Wildman–Crippen MR) is 205 cm³/mol. The van der Waals surface area contributed by atoms with E-state index in [0.717, 1.165) is 73.1 Å². The monoisotopic (exact) mass is 650 g/mol. The molecule has 50 heavy (non-hydrogen) atoms. The van der Waals surface area contributed by atoms with Crippen molar-refractivity contribution in [2.45, 2.75) is 13.8 Å². The van der Waals surface area contributed by atoms with E-state index in [2.05, 4.69) is 132 Å². The Hall–Kier alpha value is -6.59. The van der Waals surface area contributed by atoms with Crippen molar-refractivity contribution >= 4 is 50.7 Å². The number of fused-ring (bicyclic) bond motifs is 2. The molecule has 1 aliphatic heterocycles. The highest BCUT2D eigenvalue weighted by atomic mass is 16.5. The summed E-state index contributed by atoms with van der Waals surface area (Å²) in [6, 6.07) is 51.6. The Bertz CT molecular complexity index is 2450. The number of rotatable bonds is 7. The van der Waals surface area contributed by atoms with Gasteiger partial charge in [-0.15, -0.1) is 0 Å². The lowest BCUT2D eigenvalue weighted by Crippen LogP contribution is -2.11. The van der Waals surface area contributed by atoms with Crippen LogP contribution in [0.1, 0.15) is 18.1 Å². The van der Waals surface area contributed by atoms with Crippen LogP contribution in [0.3, 0.4) is 0 Å². The number of hydrogen-bond donors (Lipinski definition) is 0. The van der Waals surface area contributed by atoms with Gasteiger partial charge in [0.15, 0.2) is 0 Å². The normalized spacial score (nSPS) is 12.2. The second kappa shape index (κ2) is 12.8. The summed E-state index contributed by atoms with van der Waals surface area (Å²) < 4.78 is 11.6. The third-order valence-electron chi connectivity index (χ3n) is 9.07. The number of benzene rings is 6. The molecule has 5 nitrogen and oxygen atoms in total. The van der Waals surface area contributed by atoms with Gasteiger partial charge >= 0.3 is 5.63 Å². The van der Waals surface area contributed by atoms with Crippen LogP contribution in [0.4, 0.5) is 34.1 Å². The van der Waals surface area contributed by atoms with Crippen LogP contribution in [0.15, 0.2) is 179 Å². The van der Waals surface area contributed by atoms with Crippen molar-refractivity contribution in [3.63, 3.8) is 0 Å². The SMILES string of the molecule is C=C1C=C(C)c2ccc(N(c3ccccc3)c3ccc(-c4ccc(N(c5ccccc5)c5ccc6c(C)cc(=O)oc6c5)cc4)cc3)cc2O1. The van der Waals surface area contributed by atoms with E-state index in [4.69, 9.17) is 9.15 Å². The highest BCUT2D eigenvalue weighted by molar-refractivity contribution is 5.88. The van der Waals surface area contributed by atoms with Crippen LogP contribution in [0.25, 0.3) is 27.7 Å². The van der Waals surface area contributed by atoms with Gasteiger partial charge in [0.1, 0.15) is 17.1 Å². The Morgan fingerprint density at radius 1 is 0.540 bits per heavy atom. The molecule has 0 unspecified atom stereocenters. The zero-order valence-corrected chi connectivity index (χ0v) is 27.8. The molecule has 0 radical (unpaired) electrons. The molecule has 1 aliphatic rings. The minimum absolute atomic E-state index is 0.351. The number of para-hydroxylation sites is 2. The molecule has 1 aromatic heterocycles. The molecule has 0 atom stereocenters. The summed E-state index contributed by atoms with van der Waals surface area (Å²) in [6.07, 6.45) is 1.96. The van der Waals surface area contributed by atoms with Crippen molar-refractivity contribution in [2.75, 3.05) is 9.80 Å². The second-order valence-corrected chi connectivity index (χ2v) is 12.4. The quantitative estimate of drug-likeness (QED) is 0.161. The molecule has 2 heterocycles. The summed E-state index contributed by atoms with van der Waals surface area (Å²) in [6.45, 7) is 8.03. The van der Waals surface area contributed by atoms with Crippen molar-refractivity contribution in [2.24, 2.45) is 0 Å². The predicted octanol–water partition coefficient (Wildman–Crippen LogP) is 12.0. The first-order chi connectivity index (χ1) is 24.4. The van der Waals surface area contributed by atoms with E-state index in [1.54, 1.807) is 0 Å². The largest absolute Gasteiger partial charge is 0.457 e. The van der Waals surface area contributed by atoms with Gasteiger partial charge < -0.3 is 19.0 Å². The topological polar surface area (TPSA) is 45.9 Å². The smallest absolute Gasteiger partial charge is 0.336 e. The maximum atomic E-state index is 12.2. The third-order valence-corrected chi connectivity index (χ3v) is 9.07. The summed E-state index contributed by atoms with van der Waals surface area (Å²) in [4.78, 5) is 16.6. The Morgan fingerprint density at radius 3 is 1.62 bits per heavy atom. The number of nitrogens with zero attached hydrogens (tertiary/aromatic N) is 2. The average molecular weight is 651 g/mol. The van der Waals surface area contributed by atoms with Gasteiger partial charge in [-0.3, -0.25) is 0 Å². The van der Waals surface area contributed by atoms with Gasteiger partial charge in [-0.05, 0) is 115 Å². The first-order valence-electron chi connectivity index (χ1n) is 16.6. The van der Waals surface area contributed by atoms with Crippen LogP contribution in [0.5, 0.6) is 5.75 Å². The Labute approximate surface area is 291 Å². The summed E-state index contributed by atoms with van der Waals surface area (Å²) in [5.41, 5.74) is 11.5. The van der Waals surface area contributed by atoms with Crippen LogP contribution >= 0.6 is 0 Å². The fourth-order valence-electron chi connectivity index (χ4n) is 6.66. The summed E-state index contributed by atoms with van der Waals surface area (Å²) in [5, 5.41) is 0.920. The van der Waals surface area contributed by atoms with E-state index in [9.17, 15) is 4.79 Å². The van der Waals surface area contributed by atoms with Crippen LogP contribution in [0, 0.1) is 6.92 Å². The molecule has 0 saturated heterocycles. The van der Waals surface area contributed by atoms with Gasteiger partial charge in [-0.1, -0.05) is 67.2 Å². The van der Waals surface area contributed by atoms with Gasteiger partial charge in [0.2, 0.25) is 0 Å². The lowest BCUT2D eigenvalue weighted by molar-refractivity contribution is 0.441. The average Bonchev–Trinajstić information content (AvgIpc) is 3.13. The van der Waals surface area contributed by atoms with Gasteiger partial charge in [0.05, 0.1) is 0 Å². The van der Waals surface area contributed by atoms with E-state index in [1.165, 1.54) is 6.07 Å². The summed E-state index contributed by atoms with van der Waals surface area (Å²) in [7, 11) is 0. The Balaban J connectivity index is 1.13. The first kappa shape index (κ1) is 30.7. The molecule has 0 spiro atoms. The molecular weight excluding hydrogens is 617 g/mol. The Morgan fingerprint density at radius 2 is 1.04 bits per heavy atom. The minimum atomic E-state index is -0.351. The van der Waals surface area contributed by atoms with E-state index >= 15 is 0 Å². The van der Waals surface area contributed by atoms with Crippen molar-refractivity contribution in [3.8, 4) is 16.9 Å². The van der Waals surface area contributed by atoms with E-state index in [1.807, 2.05) is 49.4 Å². The van der Waals surface area contributed by atoms with Gasteiger partial charge in [-0.25, -0.2) is 4.79 Å². The van der Waals surface area contributed by atoms with E-state index < -0.39 is 0 Å². The minimum Gasteiger partial charge on any atom is -0.457 e. The lowest BCUT2D eigenvalue weighted by atomic mass is 10.0. The summed E-state index contributed by atoms with van der Waals surface area (Å²) >= 11 is 0. The molecule has 242 valence electrons. The van der Waals surface area contributed by atoms with Crippen molar-refractivity contribution in [1.29, 1.82) is 0 Å². The maximum Gasteiger partial charge on any atom is 0.336 e. The molecule has 0 N–H and O–H groups in total. The molecule has 6 aromatic carbocycles. The number of aryl methyl sites for hydroxylation is 1. The van der Waals surface area contributed by atoms with Crippen molar-refractivity contribution in [3.05, 3.63) is 192 Å². The fourth-order valence-corrected chi connectivity index (χ4v) is 6.66. The molecule has 0 saturated carbocycles. The van der Waals surface area contributed by atoms with Gasteiger partial charge in [-0.2, -0.15) is 0 Å². The van der Waals surface area contributed by atoms with Crippen LogP contribution in [-0.2, 0) is 0 Å². The van der Waals surface area contributed by atoms with Gasteiger partial charge in [0.25, 0.3) is 0 Å². The zero-order valence-electron chi connectivity index (χ0n) is 27.8. The zero-order chi connectivity index (χ0) is 34.2. The number of anilines is 6. The lowest BCUT2D eigenvalue weighted by Gasteiger charge is -2.27. The standard InChI is InChI=1S/C45H34N2O3/c1-30-26-32(3)49-43-28-39(22-24-41(30)43)46(35-10-6-4-7-11-35)37-18-14-33(15-19-37)34-16-20-38(21-17-34)47(36-12-8-5-9-13-36)40-23-25-42-31(2)27-45(48)50-44(42)29-40/h4-29H,3H2,1-2H3. The van der Waals surface area contributed by atoms with Crippen molar-refractivity contribution < 1.29 is 9.15 Å². The molecule has 0 bridgehead atoms. The number of hydrogen-bond acceptors (Lipinski definition) is 5. The first-order valence-corrected chi connectivity index (χ1v) is 16.6. The van der Waals surface area contributed by atoms with Crippen molar-refractivity contribution in [1.82, 2.24) is 0 Å². The molecule has 0 amide bonds. The molecule has 5 heteroatoms. The highest BCUT2D eigenvalue weighted by Crippen LogP contribution is 2.42. The molecule has 8 rings (SSSR count). The number of allylic oxidation sites excluding steroid dienone is 2. The van der Waals surface area contributed by atoms with Crippen LogP contribution < -0.4 is 20.2 Å². The molecule has 0 aliphatic carbocycles. The molecular formula is C45H34N2O3. The van der Waals surface area contributed by atoms with E-state index in [-0.39, 0.29) is 5.63 Å². The van der Waals surface area contributed by atoms with Gasteiger partial charge in [0, 0.05) is 63.3 Å². The van der Waals surface area contributed by atoms with E-state index in [0.29, 0.717) is 11.3 Å². The molecule has 0 fully saturated rings. The van der Waals surface area contributed by atoms with Crippen LogP contribution in [-0.4, -0.2) is 0 Å². The Kier molecular flexibility index (Phi) is 7.86. The fraction of sp³-hybridized carbons (Fsp3) is 0.0444.